The monoisotopic (exact) mass is 280 g/mol. The van der Waals surface area contributed by atoms with E-state index in [1.165, 1.54) is 0 Å². The van der Waals surface area contributed by atoms with Gasteiger partial charge < -0.3 is 4.57 Å². The lowest BCUT2D eigenvalue weighted by molar-refractivity contribution is -0.482. The Labute approximate surface area is 122 Å². The molecule has 1 atom stereocenters. The standard InChI is InChI=1S/C17H16N2O2/c1-18-16-10-6-5-9-14(16)11-17(18)15(12-19(20)21)13-7-3-2-4-8-13/h2-11,15H,12H2,1H3. The summed E-state index contributed by atoms with van der Waals surface area (Å²) in [6.07, 6.45) is 0. The second kappa shape index (κ2) is 5.40. The lowest BCUT2D eigenvalue weighted by atomic mass is 9.95. The minimum Gasteiger partial charge on any atom is -0.347 e. The Bertz CT molecular complexity index is 778. The molecule has 1 heterocycles. The summed E-state index contributed by atoms with van der Waals surface area (Å²) < 4.78 is 2.05. The number of para-hydroxylation sites is 1. The first-order valence-corrected chi connectivity index (χ1v) is 6.88. The molecule has 0 N–H and O–H groups in total. The van der Waals surface area contributed by atoms with Gasteiger partial charge in [0.25, 0.3) is 0 Å². The Morgan fingerprint density at radius 2 is 1.76 bits per heavy atom. The molecule has 1 unspecified atom stereocenters. The molecule has 1 aromatic heterocycles. The number of aryl methyl sites for hydroxylation is 1. The maximum absolute atomic E-state index is 11.1. The third-order valence-electron chi connectivity index (χ3n) is 3.88. The van der Waals surface area contributed by atoms with E-state index in [1.807, 2.05) is 61.6 Å². The molecular formula is C17H16N2O2. The molecule has 0 aliphatic rings. The molecule has 4 heteroatoms. The molecule has 0 amide bonds. The number of nitrogens with zero attached hydrogens (tertiary/aromatic N) is 2. The summed E-state index contributed by atoms with van der Waals surface area (Å²) in [5, 5.41) is 12.2. The second-order valence-corrected chi connectivity index (χ2v) is 5.17. The molecule has 0 aliphatic heterocycles. The van der Waals surface area contributed by atoms with Crippen molar-refractivity contribution in [2.75, 3.05) is 6.54 Å². The van der Waals surface area contributed by atoms with Crippen LogP contribution in [0.25, 0.3) is 10.9 Å². The average Bonchev–Trinajstić information content (AvgIpc) is 2.83. The summed E-state index contributed by atoms with van der Waals surface area (Å²) >= 11 is 0. The molecule has 0 aliphatic carbocycles. The van der Waals surface area contributed by atoms with Gasteiger partial charge in [-0.3, -0.25) is 10.1 Å². The van der Waals surface area contributed by atoms with Gasteiger partial charge in [0.1, 0.15) is 0 Å². The van der Waals surface area contributed by atoms with Crippen molar-refractivity contribution in [1.29, 1.82) is 0 Å². The number of nitro groups is 1. The van der Waals surface area contributed by atoms with Crippen molar-refractivity contribution in [2.45, 2.75) is 5.92 Å². The van der Waals surface area contributed by atoms with Gasteiger partial charge in [-0.15, -0.1) is 0 Å². The quantitative estimate of drug-likeness (QED) is 0.541. The predicted molar refractivity (Wildman–Crippen MR) is 83.1 cm³/mol. The molecule has 0 saturated carbocycles. The Kier molecular flexibility index (Phi) is 3.44. The van der Waals surface area contributed by atoms with Gasteiger partial charge >= 0.3 is 0 Å². The zero-order valence-electron chi connectivity index (χ0n) is 11.8. The minimum atomic E-state index is -0.241. The van der Waals surface area contributed by atoms with E-state index in [0.717, 1.165) is 22.2 Å². The highest BCUT2D eigenvalue weighted by Crippen LogP contribution is 2.29. The predicted octanol–water partition coefficient (Wildman–Crippen LogP) is 3.59. The SMILES string of the molecule is Cn1c(C(C[N+](=O)[O-])c2ccccc2)cc2ccccc21. The fourth-order valence-corrected chi connectivity index (χ4v) is 2.85. The molecule has 4 nitrogen and oxygen atoms in total. The van der Waals surface area contributed by atoms with Crippen LogP contribution >= 0.6 is 0 Å². The average molecular weight is 280 g/mol. The van der Waals surface area contributed by atoms with E-state index < -0.39 is 0 Å². The number of benzene rings is 2. The molecule has 3 aromatic rings. The van der Waals surface area contributed by atoms with Crippen molar-refractivity contribution in [3.8, 4) is 0 Å². The maximum atomic E-state index is 11.1. The Balaban J connectivity index is 2.14. The van der Waals surface area contributed by atoms with E-state index in [4.69, 9.17) is 0 Å². The lowest BCUT2D eigenvalue weighted by Crippen LogP contribution is -2.16. The summed E-state index contributed by atoms with van der Waals surface area (Å²) in [6.45, 7) is -0.103. The van der Waals surface area contributed by atoms with Gasteiger partial charge in [0.05, 0.1) is 5.92 Å². The first-order valence-electron chi connectivity index (χ1n) is 6.88. The van der Waals surface area contributed by atoms with Gasteiger partial charge in [-0.1, -0.05) is 48.5 Å². The summed E-state index contributed by atoms with van der Waals surface area (Å²) in [4.78, 5) is 10.8. The fourth-order valence-electron chi connectivity index (χ4n) is 2.85. The summed E-state index contributed by atoms with van der Waals surface area (Å²) in [6, 6.07) is 19.8. The van der Waals surface area contributed by atoms with Crippen LogP contribution in [0.4, 0.5) is 0 Å². The Morgan fingerprint density at radius 1 is 1.10 bits per heavy atom. The maximum Gasteiger partial charge on any atom is 0.216 e. The third kappa shape index (κ3) is 2.52. The normalized spacial score (nSPS) is 12.4. The Morgan fingerprint density at radius 3 is 2.43 bits per heavy atom. The highest BCUT2D eigenvalue weighted by Gasteiger charge is 2.23. The van der Waals surface area contributed by atoms with Gasteiger partial charge in [-0.2, -0.15) is 0 Å². The van der Waals surface area contributed by atoms with Gasteiger partial charge in [0.15, 0.2) is 0 Å². The molecule has 2 aromatic carbocycles. The topological polar surface area (TPSA) is 48.1 Å². The Hall–Kier alpha value is -2.62. The number of fused-ring (bicyclic) bond motifs is 1. The fraction of sp³-hybridized carbons (Fsp3) is 0.176. The van der Waals surface area contributed by atoms with Crippen molar-refractivity contribution in [3.63, 3.8) is 0 Å². The number of rotatable bonds is 4. The summed E-state index contributed by atoms with van der Waals surface area (Å²) in [5.41, 5.74) is 3.04. The van der Waals surface area contributed by atoms with E-state index in [2.05, 4.69) is 10.6 Å². The highest BCUT2D eigenvalue weighted by atomic mass is 16.6. The lowest BCUT2D eigenvalue weighted by Gasteiger charge is -2.15. The van der Waals surface area contributed by atoms with Crippen molar-refractivity contribution in [3.05, 3.63) is 82.0 Å². The molecule has 106 valence electrons. The largest absolute Gasteiger partial charge is 0.347 e. The van der Waals surface area contributed by atoms with Gasteiger partial charge in [0.2, 0.25) is 6.54 Å². The first-order chi connectivity index (χ1) is 10.2. The molecule has 0 fully saturated rings. The van der Waals surface area contributed by atoms with Crippen LogP contribution in [0.1, 0.15) is 17.2 Å². The van der Waals surface area contributed by atoms with Crippen molar-refractivity contribution >= 4 is 10.9 Å². The van der Waals surface area contributed by atoms with E-state index in [0.29, 0.717) is 0 Å². The minimum absolute atomic E-state index is 0.103. The molecule has 0 spiro atoms. The van der Waals surface area contributed by atoms with Crippen molar-refractivity contribution < 1.29 is 4.92 Å². The van der Waals surface area contributed by atoms with Crippen LogP contribution in [0.15, 0.2) is 60.7 Å². The number of hydrogen-bond donors (Lipinski definition) is 0. The molecular weight excluding hydrogens is 264 g/mol. The third-order valence-corrected chi connectivity index (χ3v) is 3.88. The molecule has 0 radical (unpaired) electrons. The van der Waals surface area contributed by atoms with Crippen LogP contribution in [-0.4, -0.2) is 16.0 Å². The van der Waals surface area contributed by atoms with Gasteiger partial charge in [0, 0.05) is 23.2 Å². The summed E-state index contributed by atoms with van der Waals surface area (Å²) in [7, 11) is 1.97. The first kappa shape index (κ1) is 13.4. The molecule has 21 heavy (non-hydrogen) atoms. The zero-order valence-corrected chi connectivity index (χ0v) is 11.8. The number of hydrogen-bond acceptors (Lipinski definition) is 2. The van der Waals surface area contributed by atoms with Crippen LogP contribution in [-0.2, 0) is 7.05 Å². The van der Waals surface area contributed by atoms with Crippen LogP contribution in [0, 0.1) is 10.1 Å². The van der Waals surface area contributed by atoms with Crippen molar-refractivity contribution in [2.24, 2.45) is 7.05 Å². The van der Waals surface area contributed by atoms with Crippen LogP contribution in [0.3, 0.4) is 0 Å². The number of aromatic nitrogens is 1. The van der Waals surface area contributed by atoms with E-state index in [9.17, 15) is 10.1 Å². The van der Waals surface area contributed by atoms with E-state index in [1.54, 1.807) is 0 Å². The van der Waals surface area contributed by atoms with Crippen molar-refractivity contribution in [1.82, 2.24) is 4.57 Å². The zero-order chi connectivity index (χ0) is 14.8. The summed E-state index contributed by atoms with van der Waals surface area (Å²) in [5.74, 6) is -0.237. The smallest absolute Gasteiger partial charge is 0.216 e. The van der Waals surface area contributed by atoms with Crippen LogP contribution in [0.5, 0.6) is 0 Å². The molecule has 3 rings (SSSR count). The van der Waals surface area contributed by atoms with E-state index in [-0.39, 0.29) is 17.4 Å². The van der Waals surface area contributed by atoms with Gasteiger partial charge in [-0.25, -0.2) is 0 Å². The van der Waals surface area contributed by atoms with Crippen LogP contribution < -0.4 is 0 Å². The van der Waals surface area contributed by atoms with Crippen LogP contribution in [0.2, 0.25) is 0 Å². The molecule has 0 saturated heterocycles. The second-order valence-electron chi connectivity index (χ2n) is 5.17. The van der Waals surface area contributed by atoms with E-state index >= 15 is 0 Å². The molecule has 0 bridgehead atoms. The highest BCUT2D eigenvalue weighted by molar-refractivity contribution is 5.81. The van der Waals surface area contributed by atoms with Gasteiger partial charge in [-0.05, 0) is 23.1 Å².